The van der Waals surface area contributed by atoms with E-state index in [1.807, 2.05) is 0 Å². The van der Waals surface area contributed by atoms with Gasteiger partial charge in [-0.3, -0.25) is 4.79 Å². The second kappa shape index (κ2) is 3.18. The molecule has 0 bridgehead atoms. The highest BCUT2D eigenvalue weighted by Crippen LogP contribution is 2.31. The summed E-state index contributed by atoms with van der Waals surface area (Å²) < 4.78 is 0. The summed E-state index contributed by atoms with van der Waals surface area (Å²) in [5.41, 5.74) is 0. The average molecular weight is 140 g/mol. The van der Waals surface area contributed by atoms with Gasteiger partial charge in [0.25, 0.3) is 0 Å². The van der Waals surface area contributed by atoms with Gasteiger partial charge in [-0.25, -0.2) is 0 Å². The lowest BCUT2D eigenvalue weighted by Crippen LogP contribution is -2.02. The molecule has 0 aromatic rings. The lowest BCUT2D eigenvalue weighted by molar-refractivity contribution is -0.117. The van der Waals surface area contributed by atoms with Crippen LogP contribution in [0.1, 0.15) is 39.5 Å². The van der Waals surface area contributed by atoms with Crippen molar-refractivity contribution in [2.45, 2.75) is 39.5 Å². The van der Waals surface area contributed by atoms with Crippen LogP contribution in [0.3, 0.4) is 0 Å². The van der Waals surface area contributed by atoms with Crippen LogP contribution in [0.2, 0.25) is 0 Å². The van der Waals surface area contributed by atoms with Crippen molar-refractivity contribution in [1.29, 1.82) is 0 Å². The molecule has 0 heterocycles. The van der Waals surface area contributed by atoms with Gasteiger partial charge in [0, 0.05) is 12.8 Å². The Bertz CT molecular complexity index is 129. The number of ketones is 1. The summed E-state index contributed by atoms with van der Waals surface area (Å²) in [4.78, 5) is 10.9. The van der Waals surface area contributed by atoms with Crippen LogP contribution in [-0.2, 0) is 4.79 Å². The van der Waals surface area contributed by atoms with Crippen LogP contribution in [0.25, 0.3) is 0 Å². The standard InChI is InChI=1S/C9H16O/c1-3-4-8-6-9(10)5-7(8)2/h7-8H,3-6H2,1-2H3/t7?,8-/m0/s1. The molecule has 1 fully saturated rings. The second-order valence-corrected chi connectivity index (χ2v) is 3.47. The van der Waals surface area contributed by atoms with Crippen LogP contribution in [0.15, 0.2) is 0 Å². The molecule has 0 N–H and O–H groups in total. The van der Waals surface area contributed by atoms with Gasteiger partial charge in [0.05, 0.1) is 0 Å². The van der Waals surface area contributed by atoms with E-state index in [2.05, 4.69) is 13.8 Å². The molecule has 0 radical (unpaired) electrons. The Morgan fingerprint density at radius 1 is 1.50 bits per heavy atom. The van der Waals surface area contributed by atoms with E-state index in [0.29, 0.717) is 17.6 Å². The van der Waals surface area contributed by atoms with Gasteiger partial charge in [-0.15, -0.1) is 0 Å². The summed E-state index contributed by atoms with van der Waals surface area (Å²) in [6.45, 7) is 4.39. The van der Waals surface area contributed by atoms with Crippen LogP contribution < -0.4 is 0 Å². The Morgan fingerprint density at radius 3 is 2.60 bits per heavy atom. The fraction of sp³-hybridized carbons (Fsp3) is 0.889. The third kappa shape index (κ3) is 1.59. The largest absolute Gasteiger partial charge is 0.300 e. The highest BCUT2D eigenvalue weighted by atomic mass is 16.1. The molecule has 1 unspecified atom stereocenters. The minimum Gasteiger partial charge on any atom is -0.300 e. The number of carbonyl (C=O) groups is 1. The first-order valence-electron chi connectivity index (χ1n) is 4.25. The van der Waals surface area contributed by atoms with E-state index in [1.54, 1.807) is 0 Å². The van der Waals surface area contributed by atoms with Crippen LogP contribution in [0, 0.1) is 11.8 Å². The molecule has 1 nitrogen and oxygen atoms in total. The monoisotopic (exact) mass is 140 g/mol. The maximum atomic E-state index is 10.9. The molecular formula is C9H16O. The van der Waals surface area contributed by atoms with Crippen LogP contribution >= 0.6 is 0 Å². The molecule has 0 saturated heterocycles. The quantitative estimate of drug-likeness (QED) is 0.575. The lowest BCUT2D eigenvalue weighted by Gasteiger charge is -2.11. The summed E-state index contributed by atoms with van der Waals surface area (Å²) >= 11 is 0. The van der Waals surface area contributed by atoms with Gasteiger partial charge in [-0.1, -0.05) is 26.7 Å². The van der Waals surface area contributed by atoms with Crippen LogP contribution in [0.4, 0.5) is 0 Å². The fourth-order valence-corrected chi connectivity index (χ4v) is 1.86. The molecule has 0 aromatic heterocycles. The number of hydrogen-bond acceptors (Lipinski definition) is 1. The topological polar surface area (TPSA) is 17.1 Å². The van der Waals surface area contributed by atoms with Crippen molar-refractivity contribution in [3.63, 3.8) is 0 Å². The maximum absolute atomic E-state index is 10.9. The first-order valence-corrected chi connectivity index (χ1v) is 4.25. The first kappa shape index (κ1) is 7.77. The van der Waals surface area contributed by atoms with Gasteiger partial charge in [0.2, 0.25) is 0 Å². The Kier molecular flexibility index (Phi) is 2.47. The van der Waals surface area contributed by atoms with Crippen LogP contribution in [0.5, 0.6) is 0 Å². The highest BCUT2D eigenvalue weighted by molar-refractivity contribution is 5.81. The molecule has 1 heteroatoms. The van der Waals surface area contributed by atoms with Gasteiger partial charge in [0.1, 0.15) is 5.78 Å². The summed E-state index contributed by atoms with van der Waals surface area (Å²) in [6.07, 6.45) is 4.16. The van der Waals surface area contributed by atoms with Gasteiger partial charge < -0.3 is 0 Å². The first-order chi connectivity index (χ1) is 4.74. The zero-order valence-electron chi connectivity index (χ0n) is 6.89. The zero-order valence-corrected chi connectivity index (χ0v) is 6.89. The minimum absolute atomic E-state index is 0.478. The Labute approximate surface area is 62.8 Å². The van der Waals surface area contributed by atoms with E-state index in [0.717, 1.165) is 12.8 Å². The van der Waals surface area contributed by atoms with E-state index in [-0.39, 0.29) is 0 Å². The lowest BCUT2D eigenvalue weighted by atomic mass is 9.94. The van der Waals surface area contributed by atoms with Crippen LogP contribution in [-0.4, -0.2) is 5.78 Å². The molecule has 1 aliphatic carbocycles. The van der Waals surface area contributed by atoms with Gasteiger partial charge in [-0.05, 0) is 11.8 Å². The molecular weight excluding hydrogens is 124 g/mol. The molecule has 1 rings (SSSR count). The molecule has 0 amide bonds. The van der Waals surface area contributed by atoms with E-state index >= 15 is 0 Å². The Hall–Kier alpha value is -0.330. The molecule has 0 aliphatic heterocycles. The third-order valence-electron chi connectivity index (χ3n) is 2.50. The Morgan fingerprint density at radius 2 is 2.20 bits per heavy atom. The predicted octanol–water partition coefficient (Wildman–Crippen LogP) is 2.40. The third-order valence-corrected chi connectivity index (χ3v) is 2.50. The smallest absolute Gasteiger partial charge is 0.133 e. The minimum atomic E-state index is 0.478. The van der Waals surface area contributed by atoms with Crippen molar-refractivity contribution in [2.75, 3.05) is 0 Å². The summed E-state index contributed by atoms with van der Waals surface area (Å²) in [5.74, 6) is 1.84. The highest BCUT2D eigenvalue weighted by Gasteiger charge is 2.28. The van der Waals surface area contributed by atoms with E-state index < -0.39 is 0 Å². The predicted molar refractivity (Wildman–Crippen MR) is 41.8 cm³/mol. The van der Waals surface area contributed by atoms with E-state index in [4.69, 9.17) is 0 Å². The Balaban J connectivity index is 2.38. The molecule has 0 aromatic carbocycles. The van der Waals surface area contributed by atoms with Crippen molar-refractivity contribution in [2.24, 2.45) is 11.8 Å². The van der Waals surface area contributed by atoms with Crippen molar-refractivity contribution in [3.05, 3.63) is 0 Å². The number of hydrogen-bond donors (Lipinski definition) is 0. The molecule has 1 saturated carbocycles. The summed E-state index contributed by atoms with van der Waals surface area (Å²) in [5, 5.41) is 0. The van der Waals surface area contributed by atoms with Gasteiger partial charge in [-0.2, -0.15) is 0 Å². The number of Topliss-reactive ketones (excluding diaryl/α,β-unsaturated/α-hetero) is 1. The van der Waals surface area contributed by atoms with Crippen molar-refractivity contribution in [1.82, 2.24) is 0 Å². The SMILES string of the molecule is CCC[C@H]1CC(=O)CC1C. The summed E-state index contributed by atoms with van der Waals surface area (Å²) in [7, 11) is 0. The zero-order chi connectivity index (χ0) is 7.56. The maximum Gasteiger partial charge on any atom is 0.133 e. The number of rotatable bonds is 2. The van der Waals surface area contributed by atoms with Gasteiger partial charge >= 0.3 is 0 Å². The van der Waals surface area contributed by atoms with Crippen molar-refractivity contribution in [3.8, 4) is 0 Å². The van der Waals surface area contributed by atoms with Crippen molar-refractivity contribution >= 4 is 5.78 Å². The van der Waals surface area contributed by atoms with E-state index in [9.17, 15) is 4.79 Å². The molecule has 58 valence electrons. The average Bonchev–Trinajstić information content (AvgIpc) is 2.13. The molecule has 2 atom stereocenters. The molecule has 0 spiro atoms. The normalized spacial score (nSPS) is 33.2. The molecule has 10 heavy (non-hydrogen) atoms. The second-order valence-electron chi connectivity index (χ2n) is 3.47. The van der Waals surface area contributed by atoms with Crippen molar-refractivity contribution < 1.29 is 4.79 Å². The summed E-state index contributed by atoms with van der Waals surface area (Å²) in [6, 6.07) is 0. The van der Waals surface area contributed by atoms with Gasteiger partial charge in [0.15, 0.2) is 0 Å². The number of carbonyl (C=O) groups excluding carboxylic acids is 1. The molecule has 1 aliphatic rings. The van der Waals surface area contributed by atoms with E-state index in [1.165, 1.54) is 12.8 Å². The fourth-order valence-electron chi connectivity index (χ4n) is 1.86.